The third kappa shape index (κ3) is 3.56. The van der Waals surface area contributed by atoms with Crippen molar-refractivity contribution in [3.8, 4) is 6.07 Å². The number of nitriles is 1. The second-order valence-electron chi connectivity index (χ2n) is 4.43. The lowest BCUT2D eigenvalue weighted by molar-refractivity contribution is -0.127. The van der Waals surface area contributed by atoms with Gasteiger partial charge in [-0.3, -0.25) is 4.79 Å². The molecule has 0 aliphatic heterocycles. The van der Waals surface area contributed by atoms with Crippen molar-refractivity contribution in [2.75, 3.05) is 6.54 Å². The van der Waals surface area contributed by atoms with Gasteiger partial charge >= 0.3 is 0 Å². The van der Waals surface area contributed by atoms with Gasteiger partial charge in [0.25, 0.3) is 0 Å². The number of nitrogens with one attached hydrogen (secondary N) is 1. The summed E-state index contributed by atoms with van der Waals surface area (Å²) in [7, 11) is 0. The SMILES string of the molecule is CCC(C)(C#N)C(=O)NCCc1ccc(F)cc1. The Balaban J connectivity index is 2.45. The Hall–Kier alpha value is -1.89. The molecule has 0 saturated carbocycles. The molecule has 4 heteroatoms. The smallest absolute Gasteiger partial charge is 0.240 e. The fraction of sp³-hybridized carbons (Fsp3) is 0.429. The summed E-state index contributed by atoms with van der Waals surface area (Å²) in [6.45, 7) is 3.88. The van der Waals surface area contributed by atoms with Crippen LogP contribution in [0.3, 0.4) is 0 Å². The largest absolute Gasteiger partial charge is 0.354 e. The minimum atomic E-state index is -0.969. The van der Waals surface area contributed by atoms with Crippen LogP contribution in [0.2, 0.25) is 0 Å². The normalized spacial score (nSPS) is 13.4. The van der Waals surface area contributed by atoms with Crippen LogP contribution in [0.4, 0.5) is 4.39 Å². The lowest BCUT2D eigenvalue weighted by Crippen LogP contribution is -2.38. The molecular formula is C14H17FN2O. The van der Waals surface area contributed by atoms with Crippen molar-refractivity contribution in [3.05, 3.63) is 35.6 Å². The molecule has 1 N–H and O–H groups in total. The van der Waals surface area contributed by atoms with Crippen LogP contribution in [0.5, 0.6) is 0 Å². The topological polar surface area (TPSA) is 52.9 Å². The quantitative estimate of drug-likeness (QED) is 0.870. The first kappa shape index (κ1) is 14.2. The molecule has 0 fully saturated rings. The van der Waals surface area contributed by atoms with E-state index in [1.807, 2.05) is 13.0 Å². The van der Waals surface area contributed by atoms with E-state index in [-0.39, 0.29) is 11.7 Å². The first-order chi connectivity index (χ1) is 8.51. The predicted molar refractivity (Wildman–Crippen MR) is 67.1 cm³/mol. The molecular weight excluding hydrogens is 231 g/mol. The summed E-state index contributed by atoms with van der Waals surface area (Å²) in [4.78, 5) is 11.8. The summed E-state index contributed by atoms with van der Waals surface area (Å²) in [5.41, 5.74) is -0.0187. The van der Waals surface area contributed by atoms with E-state index < -0.39 is 5.41 Å². The minimum absolute atomic E-state index is 0.255. The molecule has 1 unspecified atom stereocenters. The van der Waals surface area contributed by atoms with Crippen molar-refractivity contribution < 1.29 is 9.18 Å². The highest BCUT2D eigenvalue weighted by atomic mass is 19.1. The average Bonchev–Trinajstić information content (AvgIpc) is 2.40. The Labute approximate surface area is 107 Å². The molecule has 1 aromatic carbocycles. The van der Waals surface area contributed by atoms with Gasteiger partial charge in [-0.05, 0) is 37.5 Å². The minimum Gasteiger partial charge on any atom is -0.354 e. The Bertz CT molecular complexity index is 450. The van der Waals surface area contributed by atoms with E-state index in [1.165, 1.54) is 12.1 Å². The van der Waals surface area contributed by atoms with Crippen molar-refractivity contribution in [3.63, 3.8) is 0 Å². The molecule has 1 atom stereocenters. The van der Waals surface area contributed by atoms with E-state index in [4.69, 9.17) is 5.26 Å². The zero-order valence-corrected chi connectivity index (χ0v) is 10.7. The average molecular weight is 248 g/mol. The lowest BCUT2D eigenvalue weighted by Gasteiger charge is -2.18. The van der Waals surface area contributed by atoms with E-state index >= 15 is 0 Å². The molecule has 0 saturated heterocycles. The van der Waals surface area contributed by atoms with Crippen LogP contribution >= 0.6 is 0 Å². The first-order valence-electron chi connectivity index (χ1n) is 5.96. The maximum atomic E-state index is 12.7. The van der Waals surface area contributed by atoms with E-state index in [0.717, 1.165) is 5.56 Å². The second kappa shape index (κ2) is 6.15. The van der Waals surface area contributed by atoms with Crippen LogP contribution in [0.15, 0.2) is 24.3 Å². The van der Waals surface area contributed by atoms with Gasteiger partial charge in [0.05, 0.1) is 6.07 Å². The molecule has 0 spiro atoms. The number of carbonyl (C=O) groups excluding carboxylic acids is 1. The summed E-state index contributed by atoms with van der Waals surface area (Å²) >= 11 is 0. The standard InChI is InChI=1S/C14H17FN2O/c1-3-14(2,10-16)13(18)17-9-8-11-4-6-12(15)7-5-11/h4-7H,3,8-9H2,1-2H3,(H,17,18). The summed E-state index contributed by atoms with van der Waals surface area (Å²) in [5.74, 6) is -0.527. The Morgan fingerprint density at radius 1 is 1.44 bits per heavy atom. The van der Waals surface area contributed by atoms with Crippen LogP contribution in [0, 0.1) is 22.6 Å². The molecule has 1 amide bonds. The molecule has 0 aliphatic rings. The van der Waals surface area contributed by atoms with Crippen molar-refractivity contribution in [2.24, 2.45) is 5.41 Å². The fourth-order valence-corrected chi connectivity index (χ4v) is 1.46. The molecule has 0 aliphatic carbocycles. The highest BCUT2D eigenvalue weighted by Crippen LogP contribution is 2.19. The molecule has 0 heterocycles. The number of hydrogen-bond donors (Lipinski definition) is 1. The zero-order chi connectivity index (χ0) is 13.6. The summed E-state index contributed by atoms with van der Waals surface area (Å²) < 4.78 is 12.7. The van der Waals surface area contributed by atoms with E-state index in [2.05, 4.69) is 5.32 Å². The third-order valence-electron chi connectivity index (χ3n) is 3.07. The van der Waals surface area contributed by atoms with Gasteiger partial charge in [0, 0.05) is 6.54 Å². The number of halogens is 1. The van der Waals surface area contributed by atoms with Gasteiger partial charge in [0.15, 0.2) is 0 Å². The Kier molecular flexibility index (Phi) is 4.85. The van der Waals surface area contributed by atoms with Gasteiger partial charge in [0.2, 0.25) is 5.91 Å². The number of carbonyl (C=O) groups is 1. The Morgan fingerprint density at radius 3 is 2.56 bits per heavy atom. The van der Waals surface area contributed by atoms with Crippen LogP contribution in [0.1, 0.15) is 25.8 Å². The maximum Gasteiger partial charge on any atom is 0.240 e. The molecule has 96 valence electrons. The van der Waals surface area contributed by atoms with Crippen molar-refractivity contribution >= 4 is 5.91 Å². The van der Waals surface area contributed by atoms with Gasteiger partial charge in [-0.15, -0.1) is 0 Å². The summed E-state index contributed by atoms with van der Waals surface area (Å²) in [6, 6.07) is 8.18. The zero-order valence-electron chi connectivity index (χ0n) is 10.7. The van der Waals surface area contributed by atoms with Gasteiger partial charge in [-0.2, -0.15) is 5.26 Å². The number of rotatable bonds is 5. The summed E-state index contributed by atoms with van der Waals surface area (Å²) in [6.07, 6.45) is 1.10. The number of benzene rings is 1. The lowest BCUT2D eigenvalue weighted by atomic mass is 9.88. The van der Waals surface area contributed by atoms with Crippen LogP contribution in [0.25, 0.3) is 0 Å². The van der Waals surface area contributed by atoms with Crippen LogP contribution in [-0.2, 0) is 11.2 Å². The van der Waals surface area contributed by atoms with Crippen molar-refractivity contribution in [1.82, 2.24) is 5.32 Å². The first-order valence-corrected chi connectivity index (χ1v) is 5.96. The maximum absolute atomic E-state index is 12.7. The molecule has 0 bridgehead atoms. The van der Waals surface area contributed by atoms with Gasteiger partial charge in [-0.1, -0.05) is 19.1 Å². The number of hydrogen-bond acceptors (Lipinski definition) is 2. The van der Waals surface area contributed by atoms with Gasteiger partial charge < -0.3 is 5.32 Å². The van der Waals surface area contributed by atoms with E-state index in [1.54, 1.807) is 19.1 Å². The fourth-order valence-electron chi connectivity index (χ4n) is 1.46. The third-order valence-corrected chi connectivity index (χ3v) is 3.07. The molecule has 18 heavy (non-hydrogen) atoms. The van der Waals surface area contributed by atoms with Crippen LogP contribution < -0.4 is 5.32 Å². The predicted octanol–water partition coefficient (Wildman–Crippen LogP) is 2.42. The Morgan fingerprint density at radius 2 is 2.06 bits per heavy atom. The van der Waals surface area contributed by atoms with E-state index in [0.29, 0.717) is 19.4 Å². The number of nitrogens with zero attached hydrogens (tertiary/aromatic N) is 1. The van der Waals surface area contributed by atoms with Gasteiger partial charge in [-0.25, -0.2) is 4.39 Å². The van der Waals surface area contributed by atoms with Gasteiger partial charge in [0.1, 0.15) is 11.2 Å². The van der Waals surface area contributed by atoms with Crippen molar-refractivity contribution in [2.45, 2.75) is 26.7 Å². The van der Waals surface area contributed by atoms with E-state index in [9.17, 15) is 9.18 Å². The monoisotopic (exact) mass is 248 g/mol. The highest BCUT2D eigenvalue weighted by molar-refractivity contribution is 5.84. The molecule has 0 aromatic heterocycles. The second-order valence-corrected chi connectivity index (χ2v) is 4.43. The molecule has 3 nitrogen and oxygen atoms in total. The molecule has 0 radical (unpaired) electrons. The highest BCUT2D eigenvalue weighted by Gasteiger charge is 2.30. The van der Waals surface area contributed by atoms with Crippen molar-refractivity contribution in [1.29, 1.82) is 5.26 Å². The number of amides is 1. The molecule has 1 rings (SSSR count). The summed E-state index contributed by atoms with van der Waals surface area (Å²) in [5, 5.41) is 11.7. The molecule has 1 aromatic rings. The van der Waals surface area contributed by atoms with Crippen LogP contribution in [-0.4, -0.2) is 12.5 Å².